The summed E-state index contributed by atoms with van der Waals surface area (Å²) in [5, 5.41) is 29.2. The molecule has 16 heterocycles. The number of para-hydroxylation sites is 4. The van der Waals surface area contributed by atoms with Gasteiger partial charge in [-0.1, -0.05) is 133 Å². The summed E-state index contributed by atoms with van der Waals surface area (Å²) in [6, 6.07) is 40.6. The van der Waals surface area contributed by atoms with Gasteiger partial charge in [0.2, 0.25) is 5.69 Å². The van der Waals surface area contributed by atoms with Crippen molar-refractivity contribution in [3.05, 3.63) is 318 Å². The quantitative estimate of drug-likeness (QED) is 0.0206. The van der Waals surface area contributed by atoms with Crippen LogP contribution in [0, 0.1) is 19.3 Å². The minimum Gasteiger partial charge on any atom is -0.396 e. The minimum atomic E-state index is -0.383. The monoisotopic (exact) mass is 1730 g/mol. The van der Waals surface area contributed by atoms with Crippen LogP contribution in [0.4, 0.5) is 33.3 Å². The normalized spacial score (nSPS) is 12.4. The van der Waals surface area contributed by atoms with E-state index in [9.17, 15) is 9.50 Å². The van der Waals surface area contributed by atoms with Crippen LogP contribution in [0.25, 0.3) is 116 Å². The molecule has 0 radical (unpaired) electrons. The predicted octanol–water partition coefficient (Wildman–Crippen LogP) is 22.0. The maximum absolute atomic E-state index is 13.8. The van der Waals surface area contributed by atoms with E-state index in [-0.39, 0.29) is 18.3 Å². The number of pyridine rings is 4. The first-order valence-electron chi connectivity index (χ1n) is 43.8. The molecule has 20 aromatic rings. The van der Waals surface area contributed by atoms with Crippen LogP contribution >= 0.6 is 11.6 Å². The first kappa shape index (κ1) is 86.1. The number of aromatic amines is 4. The molecule has 20 rings (SSSR count). The molecule has 4 aromatic carbocycles. The van der Waals surface area contributed by atoms with Crippen molar-refractivity contribution in [2.24, 2.45) is 0 Å². The molecular formula is C101H101ClFN25O. The number of halogens is 2. The van der Waals surface area contributed by atoms with Gasteiger partial charge in [-0.25, -0.2) is 49.1 Å². The summed E-state index contributed by atoms with van der Waals surface area (Å²) in [5.41, 5.74) is 25.1. The van der Waals surface area contributed by atoms with Crippen molar-refractivity contribution in [3.8, 4) is 45.0 Å². The van der Waals surface area contributed by atoms with E-state index in [0.717, 1.165) is 165 Å². The van der Waals surface area contributed by atoms with Gasteiger partial charge in [-0.3, -0.25) is 37.5 Å². The highest BCUT2D eigenvalue weighted by molar-refractivity contribution is 6.30. The number of H-pyrrole nitrogens is 4. The third kappa shape index (κ3) is 19.0. The van der Waals surface area contributed by atoms with Gasteiger partial charge in [0.05, 0.1) is 47.2 Å². The van der Waals surface area contributed by atoms with Gasteiger partial charge in [0.15, 0.2) is 45.9 Å². The Balaban J connectivity index is 0.000000121. The smallest absolute Gasteiger partial charge is 0.205 e. The number of aromatic nitrogens is 20. The van der Waals surface area contributed by atoms with Gasteiger partial charge in [-0.05, 0) is 146 Å². The van der Waals surface area contributed by atoms with Crippen LogP contribution in [0.5, 0.6) is 0 Å². The van der Waals surface area contributed by atoms with Gasteiger partial charge in [-0.2, -0.15) is 0 Å². The van der Waals surface area contributed by atoms with Gasteiger partial charge >= 0.3 is 0 Å². The highest BCUT2D eigenvalue weighted by Crippen LogP contribution is 2.35. The van der Waals surface area contributed by atoms with Crippen molar-refractivity contribution < 1.29 is 9.50 Å². The molecule has 0 saturated carbocycles. The molecule has 0 aliphatic rings. The second kappa shape index (κ2) is 39.3. The molecule has 28 heteroatoms. The van der Waals surface area contributed by atoms with Crippen LogP contribution in [0.2, 0.25) is 5.02 Å². The van der Waals surface area contributed by atoms with Gasteiger partial charge < -0.3 is 46.3 Å². The number of nitrogens with zero attached hydrogens (tertiary/aromatic N) is 17. The van der Waals surface area contributed by atoms with E-state index < -0.39 is 0 Å². The lowest BCUT2D eigenvalue weighted by Gasteiger charge is -2.13. The summed E-state index contributed by atoms with van der Waals surface area (Å²) in [4.78, 5) is 71.7. The van der Waals surface area contributed by atoms with E-state index in [0.29, 0.717) is 64.4 Å². The third-order valence-electron chi connectivity index (χ3n) is 24.0. The van der Waals surface area contributed by atoms with Crippen molar-refractivity contribution in [1.29, 1.82) is 0 Å². The fourth-order valence-electron chi connectivity index (χ4n) is 16.3. The molecule has 650 valence electrons. The van der Waals surface area contributed by atoms with Gasteiger partial charge in [0.1, 0.15) is 5.82 Å². The summed E-state index contributed by atoms with van der Waals surface area (Å²) >= 11 is 6.16. The molecule has 26 nitrogen and oxygen atoms in total. The van der Waals surface area contributed by atoms with Crippen LogP contribution in [-0.2, 0) is 25.7 Å². The van der Waals surface area contributed by atoms with Crippen LogP contribution in [-0.4, -0.2) is 135 Å². The molecule has 0 bridgehead atoms. The Bertz CT molecular complexity index is 6860. The van der Waals surface area contributed by atoms with Crippen LogP contribution in [0.3, 0.4) is 0 Å². The summed E-state index contributed by atoms with van der Waals surface area (Å²) in [7, 11) is 0. The lowest BCUT2D eigenvalue weighted by Crippen LogP contribution is -2.10. The number of rotatable bonds is 28. The van der Waals surface area contributed by atoms with E-state index in [1.807, 2.05) is 91.2 Å². The number of aliphatic hydroxyl groups excluding tert-OH is 1. The highest BCUT2D eigenvalue weighted by atomic mass is 35.5. The number of hydrogen-bond donors (Lipinski definition) is 9. The summed E-state index contributed by atoms with van der Waals surface area (Å²) in [6.07, 6.45) is 43.5. The summed E-state index contributed by atoms with van der Waals surface area (Å²) in [6.45, 7) is 27.4. The fourth-order valence-corrected chi connectivity index (χ4v) is 16.5. The Kier molecular flexibility index (Phi) is 26.2. The molecule has 0 aliphatic carbocycles. The lowest BCUT2D eigenvalue weighted by atomic mass is 10.1. The van der Waals surface area contributed by atoms with Crippen molar-refractivity contribution in [2.45, 2.75) is 124 Å². The predicted molar refractivity (Wildman–Crippen MR) is 514 cm³/mol. The van der Waals surface area contributed by atoms with E-state index in [4.69, 9.17) is 43.1 Å². The number of anilines is 4. The molecule has 0 spiro atoms. The van der Waals surface area contributed by atoms with Crippen molar-refractivity contribution >= 4 is 107 Å². The second-order valence-corrected chi connectivity index (χ2v) is 33.1. The summed E-state index contributed by atoms with van der Waals surface area (Å²) < 4.78 is 22.2. The first-order chi connectivity index (χ1) is 63.1. The lowest BCUT2D eigenvalue weighted by molar-refractivity contribution is 0.270. The summed E-state index contributed by atoms with van der Waals surface area (Å²) in [5.74, 6) is 3.57. The molecule has 0 amide bonds. The Morgan fingerprint density at radius 2 is 0.705 bits per heavy atom. The third-order valence-corrected chi connectivity index (χ3v) is 24.2. The fraction of sp³-hybridized carbons (Fsp3) is 0.238. The SMILES string of the molecule is CC(CO)c1cnc2c(NCCc3c[nH]c4ccccc34)nc(-c3cncc(Cl)c3)cn12.CCC(C)c1cnc2c(NCCc3c[nH]c4ccccc34)nc(-c3cncc(C)c3)cn12.CCC(C)c1cnc2c(NCCc3c[nH]c4ccccc34)nc(-c3cncc(F)c3)cn12.[C-]#[N+]c1cncc(-c2cn3c(C(C)CC)cnc3c(NCCc3c[nH]c4ccccc34)n2)c1. The molecule has 0 aliphatic heterocycles. The average Bonchev–Trinajstić information content (AvgIpc) is 1.66. The molecular weight excluding hydrogens is 1630 g/mol. The number of aryl methyl sites for hydroxylation is 1. The second-order valence-electron chi connectivity index (χ2n) is 32.6. The van der Waals surface area contributed by atoms with Crippen molar-refractivity contribution in [1.82, 2.24) is 97.3 Å². The van der Waals surface area contributed by atoms with Crippen LogP contribution in [0.15, 0.2) is 245 Å². The zero-order valence-corrected chi connectivity index (χ0v) is 74.0. The Morgan fingerprint density at radius 3 is 1.03 bits per heavy atom. The Morgan fingerprint density at radius 1 is 0.395 bits per heavy atom. The van der Waals surface area contributed by atoms with E-state index >= 15 is 0 Å². The number of fused-ring (bicyclic) bond motifs is 8. The maximum atomic E-state index is 13.8. The highest BCUT2D eigenvalue weighted by Gasteiger charge is 2.23. The molecule has 0 saturated heterocycles. The van der Waals surface area contributed by atoms with Crippen molar-refractivity contribution in [2.75, 3.05) is 54.1 Å². The van der Waals surface area contributed by atoms with Gasteiger partial charge in [0.25, 0.3) is 0 Å². The Hall–Kier alpha value is -15.0. The largest absolute Gasteiger partial charge is 0.396 e. The van der Waals surface area contributed by atoms with E-state index in [1.165, 1.54) is 67.3 Å². The molecule has 0 fully saturated rings. The van der Waals surface area contributed by atoms with Crippen LogP contribution in [0.1, 0.15) is 142 Å². The standard InChI is InChI=1S/C26H25N7.C26H28N6.C25H25FN6.C24H23ClN6O/c1-4-17(2)24-15-31-26-25(29-10-9-18-13-30-22-8-6-5-7-21(18)22)32-23(16-33(24)26)19-11-20(27-3)14-28-12-19;1-4-18(3)24-15-30-26-25(28-10-9-19-14-29-22-8-6-5-7-21(19)22)31-23(16-32(24)26)20-11-17(2)12-27-13-20;1-3-16(2)23-14-30-25-24(28-9-8-17-12-29-21-7-5-4-6-20(17)21)31-22(15-32(23)25)18-10-19(26)13-27-11-18;1-15(14-32)22-12-29-24-23(27-7-6-16-10-28-20-5-3-2-4-19(16)20)30-21(13-31(22)24)17-8-18(25)11-26-9-17/h5-8,11-17,30H,4,9-10H2,1-2H3,(H,29,32);5-8,11-16,18,29H,4,9-10H2,1-3H3,(H,28,31);4-7,10-16,29H,3,8-9H2,1-2H3,(H,28,31);2-5,8-13,15,28,32H,6-7,14H2,1H3,(H,27,30). The molecule has 129 heavy (non-hydrogen) atoms. The number of benzene rings is 4. The number of hydrogen-bond acceptors (Lipinski definition) is 17. The van der Waals surface area contributed by atoms with Gasteiger partial charge in [0, 0.05) is 238 Å². The zero-order chi connectivity index (χ0) is 89.0. The van der Waals surface area contributed by atoms with E-state index in [2.05, 4.69) is 259 Å². The van der Waals surface area contributed by atoms with Crippen LogP contribution < -0.4 is 21.3 Å². The van der Waals surface area contributed by atoms with E-state index in [1.54, 1.807) is 37.2 Å². The number of nitrogens with one attached hydrogen (secondary N) is 8. The Labute approximate surface area is 750 Å². The number of aliphatic hydroxyl groups is 1. The first-order valence-corrected chi connectivity index (χ1v) is 44.2. The minimum absolute atomic E-state index is 0.0352. The van der Waals surface area contributed by atoms with Crippen molar-refractivity contribution in [3.63, 3.8) is 0 Å². The van der Waals surface area contributed by atoms with Gasteiger partial charge in [-0.15, -0.1) is 0 Å². The maximum Gasteiger partial charge on any atom is 0.205 e. The molecule has 4 atom stereocenters. The topological polar surface area (TPSA) is 308 Å². The molecule has 16 aromatic heterocycles. The number of imidazole rings is 4. The molecule has 9 N–H and O–H groups in total. The average molecular weight is 1740 g/mol. The zero-order valence-electron chi connectivity index (χ0n) is 73.2. The molecule has 4 unspecified atom stereocenters.